The summed E-state index contributed by atoms with van der Waals surface area (Å²) < 4.78 is 9.65. The van der Waals surface area contributed by atoms with Crippen molar-refractivity contribution >= 4 is 29.5 Å². The van der Waals surface area contributed by atoms with Crippen LogP contribution in [0.2, 0.25) is 5.02 Å². The molecule has 0 unspecified atom stereocenters. The summed E-state index contributed by atoms with van der Waals surface area (Å²) in [6.45, 7) is -0.641. The van der Waals surface area contributed by atoms with Crippen molar-refractivity contribution in [3.63, 3.8) is 0 Å². The van der Waals surface area contributed by atoms with E-state index in [-0.39, 0.29) is 11.3 Å². The minimum atomic E-state index is -1.03. The number of rotatable bonds is 4. The van der Waals surface area contributed by atoms with Gasteiger partial charge in [-0.3, -0.25) is 10.1 Å². The van der Waals surface area contributed by atoms with Gasteiger partial charge < -0.3 is 15.2 Å². The van der Waals surface area contributed by atoms with E-state index in [1.54, 1.807) is 5.32 Å². The summed E-state index contributed by atoms with van der Waals surface area (Å²) in [5.41, 5.74) is 4.80. The molecule has 1 aromatic rings. The fourth-order valence-corrected chi connectivity index (χ4v) is 1.39. The van der Waals surface area contributed by atoms with Crippen LogP contribution >= 0.6 is 11.6 Å². The first-order valence-corrected chi connectivity index (χ1v) is 5.41. The Labute approximate surface area is 113 Å². The van der Waals surface area contributed by atoms with Crippen LogP contribution in [0.25, 0.3) is 0 Å². The molecule has 0 saturated carbocycles. The molecule has 0 atom stereocenters. The van der Waals surface area contributed by atoms with Gasteiger partial charge in [0.05, 0.1) is 7.11 Å². The maximum Gasteiger partial charge on any atom is 0.342 e. The molecule has 0 fully saturated rings. The van der Waals surface area contributed by atoms with Gasteiger partial charge in [0.1, 0.15) is 11.3 Å². The lowest BCUT2D eigenvalue weighted by Gasteiger charge is -2.08. The molecule has 7 nitrogen and oxygen atoms in total. The second-order valence-electron chi connectivity index (χ2n) is 3.33. The quantitative estimate of drug-likeness (QED) is 0.792. The number of nitrogens with two attached hydrogens (primary N) is 1. The van der Waals surface area contributed by atoms with Crippen LogP contribution in [0.4, 0.5) is 4.79 Å². The average molecular weight is 287 g/mol. The molecule has 0 heterocycles. The van der Waals surface area contributed by atoms with Gasteiger partial charge in [-0.1, -0.05) is 11.6 Å². The number of ether oxygens (including phenoxy) is 2. The van der Waals surface area contributed by atoms with Crippen LogP contribution in [0.5, 0.6) is 5.75 Å². The number of methoxy groups -OCH3 is 1. The van der Waals surface area contributed by atoms with Gasteiger partial charge in [-0.25, -0.2) is 9.59 Å². The predicted octanol–water partition coefficient (Wildman–Crippen LogP) is 0.700. The number of imide groups is 1. The summed E-state index contributed by atoms with van der Waals surface area (Å²) in [7, 11) is 1.37. The first-order chi connectivity index (χ1) is 8.93. The molecule has 3 N–H and O–H groups in total. The summed E-state index contributed by atoms with van der Waals surface area (Å²) in [5.74, 6) is -1.38. The Hall–Kier alpha value is -2.28. The molecule has 0 radical (unpaired) electrons. The lowest BCUT2D eigenvalue weighted by Crippen LogP contribution is -2.37. The van der Waals surface area contributed by atoms with Gasteiger partial charge in [0, 0.05) is 5.02 Å². The van der Waals surface area contributed by atoms with Crippen LogP contribution in [-0.2, 0) is 9.53 Å². The number of primary amides is 1. The van der Waals surface area contributed by atoms with E-state index in [2.05, 4.69) is 0 Å². The van der Waals surface area contributed by atoms with Gasteiger partial charge in [0.15, 0.2) is 6.61 Å². The molecular weight excluding hydrogens is 276 g/mol. The third-order valence-electron chi connectivity index (χ3n) is 1.98. The Morgan fingerprint density at radius 3 is 2.63 bits per heavy atom. The fourth-order valence-electron chi connectivity index (χ4n) is 1.22. The number of carbonyl (C=O) groups is 3. The van der Waals surface area contributed by atoms with Crippen molar-refractivity contribution < 1.29 is 23.9 Å². The molecule has 102 valence electrons. The zero-order valence-corrected chi connectivity index (χ0v) is 10.7. The number of amides is 3. The number of carbonyl (C=O) groups excluding carboxylic acids is 3. The zero-order chi connectivity index (χ0) is 14.4. The van der Waals surface area contributed by atoms with E-state index in [0.29, 0.717) is 5.02 Å². The van der Waals surface area contributed by atoms with Gasteiger partial charge in [0.2, 0.25) is 0 Å². The predicted molar refractivity (Wildman–Crippen MR) is 66.0 cm³/mol. The molecule has 0 aliphatic carbocycles. The molecule has 0 aliphatic rings. The van der Waals surface area contributed by atoms with Gasteiger partial charge in [-0.05, 0) is 18.2 Å². The monoisotopic (exact) mass is 286 g/mol. The lowest BCUT2D eigenvalue weighted by atomic mass is 10.2. The highest BCUT2D eigenvalue weighted by Gasteiger charge is 2.16. The first kappa shape index (κ1) is 14.8. The minimum absolute atomic E-state index is 0.0712. The number of esters is 1. The molecule has 0 bridgehead atoms. The van der Waals surface area contributed by atoms with Crippen molar-refractivity contribution in [2.24, 2.45) is 5.73 Å². The second kappa shape index (κ2) is 6.60. The third kappa shape index (κ3) is 4.47. The molecule has 1 aromatic carbocycles. The normalized spacial score (nSPS) is 9.58. The standard InChI is InChI=1S/C11H11ClN2O5/c1-18-8-3-2-6(12)4-7(8)10(16)19-5-9(15)14-11(13)17/h2-4H,5H2,1H3,(H3,13,14,15,17). The number of urea groups is 1. The van der Waals surface area contributed by atoms with Crippen molar-refractivity contribution in [1.29, 1.82) is 0 Å². The van der Waals surface area contributed by atoms with Crippen molar-refractivity contribution in [3.8, 4) is 5.75 Å². The Bertz CT molecular complexity index is 518. The Morgan fingerprint density at radius 1 is 1.37 bits per heavy atom. The van der Waals surface area contributed by atoms with Crippen molar-refractivity contribution in [1.82, 2.24) is 5.32 Å². The van der Waals surface area contributed by atoms with Crippen molar-refractivity contribution in [3.05, 3.63) is 28.8 Å². The molecule has 8 heteroatoms. The van der Waals surface area contributed by atoms with Crippen LogP contribution in [0.3, 0.4) is 0 Å². The Morgan fingerprint density at radius 2 is 2.05 bits per heavy atom. The molecule has 0 saturated heterocycles. The lowest BCUT2D eigenvalue weighted by molar-refractivity contribution is -0.123. The number of hydrogen-bond donors (Lipinski definition) is 2. The van der Waals surface area contributed by atoms with Crippen LogP contribution in [0, 0.1) is 0 Å². The minimum Gasteiger partial charge on any atom is -0.496 e. The van der Waals surface area contributed by atoms with Crippen LogP contribution < -0.4 is 15.8 Å². The molecule has 19 heavy (non-hydrogen) atoms. The Kier molecular flexibility index (Phi) is 5.13. The topological polar surface area (TPSA) is 108 Å². The summed E-state index contributed by atoms with van der Waals surface area (Å²) in [4.78, 5) is 33.2. The van der Waals surface area contributed by atoms with Gasteiger partial charge in [-0.15, -0.1) is 0 Å². The smallest absolute Gasteiger partial charge is 0.342 e. The van der Waals surface area contributed by atoms with Crippen molar-refractivity contribution in [2.45, 2.75) is 0 Å². The molecule has 0 aromatic heterocycles. The first-order valence-electron chi connectivity index (χ1n) is 5.04. The second-order valence-corrected chi connectivity index (χ2v) is 3.77. The van der Waals surface area contributed by atoms with E-state index in [1.165, 1.54) is 25.3 Å². The third-order valence-corrected chi connectivity index (χ3v) is 2.21. The molecule has 3 amide bonds. The van der Waals surface area contributed by atoms with Gasteiger partial charge in [0.25, 0.3) is 5.91 Å². The average Bonchev–Trinajstić information content (AvgIpc) is 2.35. The number of hydrogen-bond acceptors (Lipinski definition) is 5. The van der Waals surface area contributed by atoms with E-state index in [0.717, 1.165) is 0 Å². The summed E-state index contributed by atoms with van der Waals surface area (Å²) in [6, 6.07) is 3.34. The number of halogens is 1. The highest BCUT2D eigenvalue weighted by molar-refractivity contribution is 6.31. The molecule has 1 rings (SSSR count). The highest BCUT2D eigenvalue weighted by Crippen LogP contribution is 2.23. The summed E-state index contributed by atoms with van der Waals surface area (Å²) >= 11 is 5.75. The highest BCUT2D eigenvalue weighted by atomic mass is 35.5. The maximum atomic E-state index is 11.7. The largest absolute Gasteiger partial charge is 0.496 e. The molecule has 0 aliphatic heterocycles. The van der Waals surface area contributed by atoms with Crippen LogP contribution in [-0.4, -0.2) is 31.6 Å². The zero-order valence-electron chi connectivity index (χ0n) is 9.94. The van der Waals surface area contributed by atoms with Gasteiger partial charge in [-0.2, -0.15) is 0 Å². The number of nitrogens with one attached hydrogen (secondary N) is 1. The molecule has 0 spiro atoms. The van der Waals surface area contributed by atoms with E-state index >= 15 is 0 Å². The van der Waals surface area contributed by atoms with Crippen molar-refractivity contribution in [2.75, 3.05) is 13.7 Å². The van der Waals surface area contributed by atoms with Crippen LogP contribution in [0.1, 0.15) is 10.4 Å². The van der Waals surface area contributed by atoms with Gasteiger partial charge >= 0.3 is 12.0 Å². The molecular formula is C11H11ClN2O5. The van der Waals surface area contributed by atoms with E-state index < -0.39 is 24.5 Å². The van der Waals surface area contributed by atoms with E-state index in [4.69, 9.17) is 26.8 Å². The Balaban J connectivity index is 2.70. The summed E-state index contributed by atoms with van der Waals surface area (Å²) in [6.07, 6.45) is 0. The maximum absolute atomic E-state index is 11.7. The fraction of sp³-hybridized carbons (Fsp3) is 0.182. The van der Waals surface area contributed by atoms with Crippen LogP contribution in [0.15, 0.2) is 18.2 Å². The van der Waals surface area contributed by atoms with E-state index in [9.17, 15) is 14.4 Å². The number of benzene rings is 1. The van der Waals surface area contributed by atoms with E-state index in [1.807, 2.05) is 0 Å². The summed E-state index contributed by atoms with van der Waals surface area (Å²) in [5, 5.41) is 2.07. The SMILES string of the molecule is COc1ccc(Cl)cc1C(=O)OCC(=O)NC(N)=O.